The van der Waals surface area contributed by atoms with Crippen LogP contribution in [0.3, 0.4) is 0 Å². The lowest BCUT2D eigenvalue weighted by Gasteiger charge is -2.18. The van der Waals surface area contributed by atoms with Gasteiger partial charge in [-0.2, -0.15) is 13.2 Å². The van der Waals surface area contributed by atoms with Crippen molar-refractivity contribution in [3.63, 3.8) is 0 Å². The highest BCUT2D eigenvalue weighted by Crippen LogP contribution is 2.29. The summed E-state index contributed by atoms with van der Waals surface area (Å²) in [5.41, 5.74) is 6.52. The minimum Gasteiger partial charge on any atom is -0.399 e. The van der Waals surface area contributed by atoms with Gasteiger partial charge in [0, 0.05) is 25.5 Å². The first-order valence-corrected chi connectivity index (χ1v) is 5.95. The molecule has 2 rings (SSSR count). The van der Waals surface area contributed by atoms with Gasteiger partial charge in [-0.05, 0) is 29.8 Å². The molecule has 106 valence electrons. The first kappa shape index (κ1) is 14.2. The second kappa shape index (κ2) is 5.40. The van der Waals surface area contributed by atoms with Crippen LogP contribution in [0, 0.1) is 0 Å². The molecule has 0 saturated heterocycles. The molecule has 0 aliphatic heterocycles. The Hall–Kier alpha value is -2.24. The average Bonchev–Trinajstić information content (AvgIpc) is 2.40. The van der Waals surface area contributed by atoms with Gasteiger partial charge >= 0.3 is 6.18 Å². The molecule has 2 aromatic rings. The Bertz CT molecular complexity index is 562. The molecule has 0 saturated carbocycles. The average molecular weight is 281 g/mol. The summed E-state index contributed by atoms with van der Waals surface area (Å²) in [5, 5.41) is 0. The van der Waals surface area contributed by atoms with E-state index in [1.807, 2.05) is 12.1 Å². The maximum absolute atomic E-state index is 12.4. The number of nitrogens with zero attached hydrogens (tertiary/aromatic N) is 2. The lowest BCUT2D eigenvalue weighted by Crippen LogP contribution is -2.18. The first-order chi connectivity index (χ1) is 9.36. The van der Waals surface area contributed by atoms with Gasteiger partial charge in [-0.3, -0.25) is 0 Å². The number of pyridine rings is 1. The lowest BCUT2D eigenvalue weighted by molar-refractivity contribution is -0.137. The molecular formula is C14H14F3N3. The molecule has 1 heterocycles. The Morgan fingerprint density at radius 2 is 1.75 bits per heavy atom. The van der Waals surface area contributed by atoms with Crippen molar-refractivity contribution in [3.05, 3.63) is 53.7 Å². The van der Waals surface area contributed by atoms with Crippen molar-refractivity contribution in [2.75, 3.05) is 17.7 Å². The van der Waals surface area contributed by atoms with E-state index in [2.05, 4.69) is 4.98 Å². The Kier molecular flexibility index (Phi) is 3.83. The van der Waals surface area contributed by atoms with Crippen molar-refractivity contribution in [3.8, 4) is 0 Å². The Balaban J connectivity index is 2.09. The number of rotatable bonds is 3. The van der Waals surface area contributed by atoms with E-state index in [9.17, 15) is 13.2 Å². The van der Waals surface area contributed by atoms with Crippen molar-refractivity contribution >= 4 is 11.5 Å². The quantitative estimate of drug-likeness (QED) is 0.878. The van der Waals surface area contributed by atoms with E-state index in [1.54, 1.807) is 24.1 Å². The van der Waals surface area contributed by atoms with Crippen molar-refractivity contribution in [1.29, 1.82) is 0 Å². The van der Waals surface area contributed by atoms with Crippen LogP contribution in [0.1, 0.15) is 11.1 Å². The molecule has 0 unspecified atom stereocenters. The number of nitrogen functional groups attached to an aromatic ring is 1. The van der Waals surface area contributed by atoms with Crippen molar-refractivity contribution in [1.82, 2.24) is 4.98 Å². The summed E-state index contributed by atoms with van der Waals surface area (Å²) in [5.74, 6) is 0.481. The van der Waals surface area contributed by atoms with Gasteiger partial charge in [-0.15, -0.1) is 0 Å². The molecule has 0 radical (unpaired) electrons. The van der Waals surface area contributed by atoms with Gasteiger partial charge in [0.1, 0.15) is 5.82 Å². The Labute approximate surface area is 114 Å². The zero-order chi connectivity index (χ0) is 14.8. The molecular weight excluding hydrogens is 267 g/mol. The van der Waals surface area contributed by atoms with E-state index in [0.717, 1.165) is 17.8 Å². The van der Waals surface area contributed by atoms with Crippen molar-refractivity contribution in [2.24, 2.45) is 0 Å². The number of nitrogens with two attached hydrogens (primary N) is 1. The molecule has 3 nitrogen and oxygen atoms in total. The van der Waals surface area contributed by atoms with Crippen LogP contribution in [-0.2, 0) is 12.7 Å². The van der Waals surface area contributed by atoms with Gasteiger partial charge in [-0.1, -0.05) is 12.1 Å². The monoisotopic (exact) mass is 281 g/mol. The van der Waals surface area contributed by atoms with Gasteiger partial charge in [0.15, 0.2) is 0 Å². The highest BCUT2D eigenvalue weighted by atomic mass is 19.4. The van der Waals surface area contributed by atoms with Crippen LogP contribution in [0.15, 0.2) is 42.6 Å². The summed E-state index contributed by atoms with van der Waals surface area (Å²) in [7, 11) is 1.77. The largest absolute Gasteiger partial charge is 0.417 e. The zero-order valence-electron chi connectivity index (χ0n) is 10.9. The number of aromatic nitrogens is 1. The smallest absolute Gasteiger partial charge is 0.399 e. The van der Waals surface area contributed by atoms with E-state index in [-0.39, 0.29) is 0 Å². The molecule has 0 spiro atoms. The molecule has 6 heteroatoms. The molecule has 20 heavy (non-hydrogen) atoms. The number of halogens is 3. The number of anilines is 2. The number of hydrogen-bond acceptors (Lipinski definition) is 3. The summed E-state index contributed by atoms with van der Waals surface area (Å²) < 4.78 is 37.3. The maximum Gasteiger partial charge on any atom is 0.417 e. The van der Waals surface area contributed by atoms with Crippen LogP contribution in [0.4, 0.5) is 24.7 Å². The van der Waals surface area contributed by atoms with Gasteiger partial charge in [0.05, 0.1) is 5.56 Å². The number of alkyl halides is 3. The van der Waals surface area contributed by atoms with Crippen LogP contribution in [0.2, 0.25) is 0 Å². The zero-order valence-corrected chi connectivity index (χ0v) is 10.9. The standard InChI is InChI=1S/C14H14F3N3/c1-20(9-10-2-5-12(18)6-3-10)13-7-4-11(8-19-13)14(15,16)17/h2-8H,9,18H2,1H3. The molecule has 0 fully saturated rings. The number of hydrogen-bond donors (Lipinski definition) is 1. The summed E-state index contributed by atoms with van der Waals surface area (Å²) in [4.78, 5) is 5.61. The van der Waals surface area contributed by atoms with Crippen LogP contribution in [-0.4, -0.2) is 12.0 Å². The highest BCUT2D eigenvalue weighted by molar-refractivity contribution is 5.43. The van der Waals surface area contributed by atoms with E-state index in [0.29, 0.717) is 18.1 Å². The summed E-state index contributed by atoms with van der Waals surface area (Å²) in [6, 6.07) is 9.69. The van der Waals surface area contributed by atoms with Crippen molar-refractivity contribution < 1.29 is 13.2 Å². The highest BCUT2D eigenvalue weighted by Gasteiger charge is 2.30. The summed E-state index contributed by atoms with van der Waals surface area (Å²) >= 11 is 0. The molecule has 0 atom stereocenters. The van der Waals surface area contributed by atoms with E-state index < -0.39 is 11.7 Å². The first-order valence-electron chi connectivity index (χ1n) is 5.95. The van der Waals surface area contributed by atoms with Crippen LogP contribution in [0.5, 0.6) is 0 Å². The minimum absolute atomic E-state index is 0.481. The van der Waals surface area contributed by atoms with Gasteiger partial charge in [0.25, 0.3) is 0 Å². The van der Waals surface area contributed by atoms with Gasteiger partial charge < -0.3 is 10.6 Å². The Morgan fingerprint density at radius 3 is 2.25 bits per heavy atom. The topological polar surface area (TPSA) is 42.1 Å². The molecule has 0 aliphatic carbocycles. The van der Waals surface area contributed by atoms with Gasteiger partial charge in [0.2, 0.25) is 0 Å². The van der Waals surface area contributed by atoms with Crippen LogP contribution in [0.25, 0.3) is 0 Å². The van der Waals surface area contributed by atoms with E-state index in [4.69, 9.17) is 5.73 Å². The number of benzene rings is 1. The summed E-state index contributed by atoms with van der Waals surface area (Å²) in [6.07, 6.45) is -3.52. The molecule has 0 aliphatic rings. The third-order valence-electron chi connectivity index (χ3n) is 2.87. The third kappa shape index (κ3) is 3.40. The van der Waals surface area contributed by atoms with E-state index >= 15 is 0 Å². The lowest BCUT2D eigenvalue weighted by atomic mass is 10.2. The van der Waals surface area contributed by atoms with Crippen LogP contribution >= 0.6 is 0 Å². The van der Waals surface area contributed by atoms with Gasteiger partial charge in [-0.25, -0.2) is 4.98 Å². The van der Waals surface area contributed by atoms with E-state index in [1.165, 1.54) is 6.07 Å². The predicted molar refractivity (Wildman–Crippen MR) is 72.2 cm³/mol. The maximum atomic E-state index is 12.4. The minimum atomic E-state index is -4.36. The second-order valence-electron chi connectivity index (χ2n) is 4.50. The molecule has 1 aromatic heterocycles. The fraction of sp³-hybridized carbons (Fsp3) is 0.214. The fourth-order valence-corrected chi connectivity index (χ4v) is 1.76. The summed E-state index contributed by atoms with van der Waals surface area (Å²) in [6.45, 7) is 0.540. The third-order valence-corrected chi connectivity index (χ3v) is 2.87. The van der Waals surface area contributed by atoms with Crippen LogP contribution < -0.4 is 10.6 Å². The molecule has 0 bridgehead atoms. The fourth-order valence-electron chi connectivity index (χ4n) is 1.76. The molecule has 2 N–H and O–H groups in total. The van der Waals surface area contributed by atoms with Crippen molar-refractivity contribution in [2.45, 2.75) is 12.7 Å². The molecule has 1 aromatic carbocycles. The SMILES string of the molecule is CN(Cc1ccc(N)cc1)c1ccc(C(F)(F)F)cn1. The normalized spacial score (nSPS) is 11.4. The molecule has 0 amide bonds. The second-order valence-corrected chi connectivity index (χ2v) is 4.50. The predicted octanol–water partition coefficient (Wildman–Crippen LogP) is 3.32. The Morgan fingerprint density at radius 1 is 1.10 bits per heavy atom.